The summed E-state index contributed by atoms with van der Waals surface area (Å²) in [5.41, 5.74) is 2.64. The van der Waals surface area contributed by atoms with Gasteiger partial charge in [-0.2, -0.15) is 10.2 Å². The number of rotatable bonds is 8. The quantitative estimate of drug-likeness (QED) is 0.544. The Hall–Kier alpha value is -2.40. The van der Waals surface area contributed by atoms with E-state index in [1.165, 1.54) is 6.20 Å². The molecule has 144 valence electrons. The Morgan fingerprint density at radius 1 is 1.38 bits per heavy atom. The number of carbonyl (C=O) groups excluding carboxylic acids is 1. The average molecular weight is 361 g/mol. The fraction of sp³-hybridized carbons (Fsp3) is 0.667. The SMILES string of the molecule is CNCCCN(C(=O)NN(CC(C)C)c1ccnc(C#N)n1)C(C)(C)C. The van der Waals surface area contributed by atoms with Crippen LogP contribution in [0.3, 0.4) is 0 Å². The van der Waals surface area contributed by atoms with Crippen LogP contribution < -0.4 is 15.8 Å². The van der Waals surface area contributed by atoms with Gasteiger partial charge >= 0.3 is 6.03 Å². The fourth-order valence-corrected chi connectivity index (χ4v) is 2.45. The molecule has 1 aromatic rings. The van der Waals surface area contributed by atoms with Gasteiger partial charge in [-0.25, -0.2) is 15.2 Å². The second kappa shape index (κ2) is 9.92. The molecule has 0 radical (unpaired) electrons. The molecular formula is C18H31N7O. The van der Waals surface area contributed by atoms with Crippen LogP contribution in [0.4, 0.5) is 10.6 Å². The highest BCUT2D eigenvalue weighted by atomic mass is 16.2. The number of hydrogen-bond acceptors (Lipinski definition) is 6. The molecule has 26 heavy (non-hydrogen) atoms. The summed E-state index contributed by atoms with van der Waals surface area (Å²) in [4.78, 5) is 22.9. The minimum atomic E-state index is -0.315. The van der Waals surface area contributed by atoms with Crippen molar-refractivity contribution in [2.75, 3.05) is 31.7 Å². The third-order valence-corrected chi connectivity index (χ3v) is 3.66. The summed E-state index contributed by atoms with van der Waals surface area (Å²) in [7, 11) is 1.90. The normalized spacial score (nSPS) is 11.2. The zero-order valence-corrected chi connectivity index (χ0v) is 16.7. The molecule has 0 aliphatic carbocycles. The van der Waals surface area contributed by atoms with Crippen LogP contribution in [0, 0.1) is 17.2 Å². The topological polar surface area (TPSA) is 97.2 Å². The molecule has 1 rings (SSSR count). The Morgan fingerprint density at radius 2 is 2.08 bits per heavy atom. The Morgan fingerprint density at radius 3 is 2.62 bits per heavy atom. The number of nitrogens with one attached hydrogen (secondary N) is 2. The number of hydrogen-bond donors (Lipinski definition) is 2. The largest absolute Gasteiger partial charge is 0.336 e. The summed E-state index contributed by atoms with van der Waals surface area (Å²) in [6.07, 6.45) is 2.38. The lowest BCUT2D eigenvalue weighted by Crippen LogP contribution is -2.56. The Bertz CT molecular complexity index is 619. The van der Waals surface area contributed by atoms with Crippen LogP contribution in [0.15, 0.2) is 12.3 Å². The number of nitrogens with zero attached hydrogens (tertiary/aromatic N) is 5. The van der Waals surface area contributed by atoms with E-state index in [-0.39, 0.29) is 17.4 Å². The molecule has 0 aromatic carbocycles. The molecule has 0 saturated carbocycles. The summed E-state index contributed by atoms with van der Waals surface area (Å²) >= 11 is 0. The van der Waals surface area contributed by atoms with Gasteiger partial charge in [-0.3, -0.25) is 5.01 Å². The van der Waals surface area contributed by atoms with E-state index in [9.17, 15) is 4.79 Å². The van der Waals surface area contributed by atoms with Crippen LogP contribution in [-0.2, 0) is 0 Å². The van der Waals surface area contributed by atoms with Gasteiger partial charge in [0.15, 0.2) is 5.82 Å². The molecule has 8 nitrogen and oxygen atoms in total. The highest BCUT2D eigenvalue weighted by molar-refractivity contribution is 5.76. The van der Waals surface area contributed by atoms with Gasteiger partial charge in [0, 0.05) is 30.9 Å². The molecule has 0 aliphatic rings. The maximum Gasteiger partial charge on any atom is 0.336 e. The fourth-order valence-electron chi connectivity index (χ4n) is 2.45. The highest BCUT2D eigenvalue weighted by Gasteiger charge is 2.27. The standard InChI is InChI=1S/C18H31N7O/c1-14(2)13-25(16-8-10-21-15(12-19)22-16)23-17(26)24(18(3,4)5)11-7-9-20-6/h8,10,14,20H,7,9,11,13H2,1-6H3,(H,23,26). The van der Waals surface area contributed by atoms with Crippen molar-refractivity contribution in [3.05, 3.63) is 18.1 Å². The van der Waals surface area contributed by atoms with Crippen molar-refractivity contribution < 1.29 is 4.79 Å². The summed E-state index contributed by atoms with van der Waals surface area (Å²) in [6, 6.07) is 3.43. The molecule has 1 heterocycles. The van der Waals surface area contributed by atoms with E-state index in [0.29, 0.717) is 24.8 Å². The third-order valence-electron chi connectivity index (χ3n) is 3.66. The number of carbonyl (C=O) groups is 1. The van der Waals surface area contributed by atoms with Gasteiger partial charge in [0.05, 0.1) is 0 Å². The van der Waals surface area contributed by atoms with E-state index in [0.717, 1.165) is 13.0 Å². The summed E-state index contributed by atoms with van der Waals surface area (Å²) in [5, 5.41) is 13.8. The smallest absolute Gasteiger partial charge is 0.320 e. The molecule has 1 aromatic heterocycles. The minimum Gasteiger partial charge on any atom is -0.320 e. The van der Waals surface area contributed by atoms with Crippen LogP contribution >= 0.6 is 0 Å². The lowest BCUT2D eigenvalue weighted by atomic mass is 10.1. The first-order valence-corrected chi connectivity index (χ1v) is 8.92. The van der Waals surface area contributed by atoms with Gasteiger partial charge in [-0.05, 0) is 46.7 Å². The lowest BCUT2D eigenvalue weighted by molar-refractivity contribution is 0.142. The second-order valence-corrected chi connectivity index (χ2v) is 7.55. The number of urea groups is 1. The van der Waals surface area contributed by atoms with Gasteiger partial charge < -0.3 is 10.2 Å². The van der Waals surface area contributed by atoms with Crippen LogP contribution in [-0.4, -0.2) is 53.1 Å². The molecule has 0 atom stereocenters. The van der Waals surface area contributed by atoms with E-state index in [1.54, 1.807) is 11.1 Å². The number of nitriles is 1. The predicted octanol–water partition coefficient (Wildman–Crippen LogP) is 2.15. The van der Waals surface area contributed by atoms with Gasteiger partial charge in [0.1, 0.15) is 6.07 Å². The Balaban J connectivity index is 3.00. The first kappa shape index (κ1) is 21.6. The van der Waals surface area contributed by atoms with Crippen LogP contribution in [0.25, 0.3) is 0 Å². The number of hydrazine groups is 1. The molecule has 0 fully saturated rings. The third kappa shape index (κ3) is 6.84. The zero-order chi connectivity index (χ0) is 19.7. The first-order valence-electron chi connectivity index (χ1n) is 8.92. The van der Waals surface area contributed by atoms with Gasteiger partial charge in [-0.1, -0.05) is 13.8 Å². The van der Waals surface area contributed by atoms with E-state index < -0.39 is 0 Å². The maximum absolute atomic E-state index is 12.9. The van der Waals surface area contributed by atoms with Crippen molar-refractivity contribution in [1.82, 2.24) is 25.6 Å². The lowest BCUT2D eigenvalue weighted by Gasteiger charge is -2.38. The monoisotopic (exact) mass is 361 g/mol. The molecule has 0 aliphatic heterocycles. The average Bonchev–Trinajstić information content (AvgIpc) is 2.56. The van der Waals surface area contributed by atoms with Crippen molar-refractivity contribution in [2.45, 2.75) is 46.6 Å². The van der Waals surface area contributed by atoms with E-state index in [1.807, 2.05) is 38.8 Å². The van der Waals surface area contributed by atoms with E-state index >= 15 is 0 Å². The van der Waals surface area contributed by atoms with Crippen molar-refractivity contribution in [2.24, 2.45) is 5.92 Å². The van der Waals surface area contributed by atoms with Crippen molar-refractivity contribution in [1.29, 1.82) is 5.26 Å². The van der Waals surface area contributed by atoms with E-state index in [2.05, 4.69) is 34.6 Å². The summed E-state index contributed by atoms with van der Waals surface area (Å²) in [5.74, 6) is 0.873. The molecule has 0 bridgehead atoms. The molecular weight excluding hydrogens is 330 g/mol. The van der Waals surface area contributed by atoms with Gasteiger partial charge in [-0.15, -0.1) is 0 Å². The van der Waals surface area contributed by atoms with Crippen LogP contribution in [0.2, 0.25) is 0 Å². The van der Waals surface area contributed by atoms with Crippen molar-refractivity contribution in [3.8, 4) is 6.07 Å². The minimum absolute atomic E-state index is 0.0761. The van der Waals surface area contributed by atoms with Crippen molar-refractivity contribution >= 4 is 11.8 Å². The number of amides is 2. The molecule has 2 amide bonds. The van der Waals surface area contributed by atoms with Crippen molar-refractivity contribution in [3.63, 3.8) is 0 Å². The van der Waals surface area contributed by atoms with Crippen LogP contribution in [0.5, 0.6) is 0 Å². The highest BCUT2D eigenvalue weighted by Crippen LogP contribution is 2.16. The summed E-state index contributed by atoms with van der Waals surface area (Å²) < 4.78 is 0. The number of aromatic nitrogens is 2. The Labute approximate surface area is 156 Å². The zero-order valence-electron chi connectivity index (χ0n) is 16.7. The molecule has 0 unspecified atom stereocenters. The van der Waals surface area contributed by atoms with E-state index in [4.69, 9.17) is 5.26 Å². The second-order valence-electron chi connectivity index (χ2n) is 7.55. The molecule has 0 spiro atoms. The molecule has 0 saturated heterocycles. The number of anilines is 1. The van der Waals surface area contributed by atoms with Gasteiger partial charge in [0.25, 0.3) is 0 Å². The Kier molecular flexibility index (Phi) is 8.26. The summed E-state index contributed by atoms with van der Waals surface area (Å²) in [6.45, 7) is 12.2. The maximum atomic E-state index is 12.9. The molecule has 2 N–H and O–H groups in total. The first-order chi connectivity index (χ1) is 12.2. The predicted molar refractivity (Wildman–Crippen MR) is 102 cm³/mol. The van der Waals surface area contributed by atoms with Gasteiger partial charge in [0.2, 0.25) is 5.82 Å². The van der Waals surface area contributed by atoms with Crippen LogP contribution in [0.1, 0.15) is 46.9 Å². The molecule has 8 heteroatoms.